The van der Waals surface area contributed by atoms with Crippen LogP contribution in [-0.2, 0) is 19.6 Å². The molecule has 5 N–H and O–H groups in total. The fourth-order valence-corrected chi connectivity index (χ4v) is 4.62. The second-order valence-electron chi connectivity index (χ2n) is 7.75. The molecule has 0 fully saturated rings. The number of hydrogen-bond donors (Lipinski definition) is 4. The molecule has 0 spiro atoms. The zero-order valence-electron chi connectivity index (χ0n) is 21.6. The summed E-state index contributed by atoms with van der Waals surface area (Å²) in [5, 5.41) is 37.1. The van der Waals surface area contributed by atoms with Crippen molar-refractivity contribution < 1.29 is 5.21 Å². The lowest BCUT2D eigenvalue weighted by atomic mass is 10.2. The van der Waals surface area contributed by atoms with Gasteiger partial charge in [-0.25, -0.2) is 9.97 Å². The average Bonchev–Trinajstić information content (AvgIpc) is 2.97. The number of thioether (sulfide) groups is 2. The molecule has 0 bridgehead atoms. The van der Waals surface area contributed by atoms with Gasteiger partial charge in [0, 0.05) is 39.7 Å². The van der Waals surface area contributed by atoms with E-state index in [0.29, 0.717) is 66.5 Å². The molecule has 4 rings (SSSR count). The monoisotopic (exact) mass is 672 g/mol. The predicted octanol–water partition coefficient (Wildman–Crippen LogP) is 6.29. The van der Waals surface area contributed by atoms with E-state index in [1.165, 1.54) is 23.5 Å². The summed E-state index contributed by atoms with van der Waals surface area (Å²) in [6, 6.07) is 10.6. The Morgan fingerprint density at radius 3 is 1.80 bits per heavy atom. The van der Waals surface area contributed by atoms with E-state index in [1.54, 1.807) is 24.3 Å². The molecule has 216 valence electrons. The van der Waals surface area contributed by atoms with E-state index >= 15 is 0 Å². The number of hydrogen-bond acceptors (Lipinski definition) is 13. The van der Waals surface area contributed by atoms with Crippen LogP contribution in [0.5, 0.6) is 0 Å². The van der Waals surface area contributed by atoms with Gasteiger partial charge in [-0.15, -0.1) is 20.4 Å². The third kappa shape index (κ3) is 9.99. The molecule has 2 aromatic carbocycles. The summed E-state index contributed by atoms with van der Waals surface area (Å²) < 4.78 is 0. The van der Waals surface area contributed by atoms with Crippen LogP contribution in [0.15, 0.2) is 51.9 Å². The van der Waals surface area contributed by atoms with Gasteiger partial charge in [-0.1, -0.05) is 87.2 Å². The van der Waals surface area contributed by atoms with Crippen LogP contribution in [0.2, 0.25) is 20.1 Å². The van der Waals surface area contributed by atoms with Crippen LogP contribution < -0.4 is 16.4 Å². The normalized spacial score (nSPS) is 10.8. The van der Waals surface area contributed by atoms with Crippen LogP contribution in [0.1, 0.15) is 22.5 Å². The van der Waals surface area contributed by atoms with Gasteiger partial charge in [-0.2, -0.15) is 0 Å². The van der Waals surface area contributed by atoms with Gasteiger partial charge >= 0.3 is 0 Å². The van der Waals surface area contributed by atoms with Crippen molar-refractivity contribution in [1.82, 2.24) is 30.4 Å². The standard InChI is InChI=1S/C12H11Cl2N5OS.C12H13Cl2N5S/c1-21-12-17-11(10(6-16-20)18-19-12)15-5-7-2-3-8(13)4-9(7)14;1-20-12-17-11(10(5-15)18-19-12)16-6-7-2-3-8(13)4-9(7)14/h2-4,6,20H,5H2,1H3,(H,15,17,19);2-4H,5-6,15H2,1H3,(H,16,17,19)/b16-6+;. The van der Waals surface area contributed by atoms with Gasteiger partial charge in [0.1, 0.15) is 11.4 Å². The molecule has 41 heavy (non-hydrogen) atoms. The maximum absolute atomic E-state index is 8.64. The van der Waals surface area contributed by atoms with E-state index in [9.17, 15) is 0 Å². The lowest BCUT2D eigenvalue weighted by Crippen LogP contribution is -2.11. The summed E-state index contributed by atoms with van der Waals surface area (Å²) >= 11 is 26.7. The predicted molar refractivity (Wildman–Crippen MR) is 168 cm³/mol. The number of benzene rings is 2. The molecule has 0 aliphatic heterocycles. The Bertz CT molecular complexity index is 1500. The third-order valence-electron chi connectivity index (χ3n) is 5.09. The molecule has 17 heteroatoms. The van der Waals surface area contributed by atoms with E-state index in [0.717, 1.165) is 17.3 Å². The lowest BCUT2D eigenvalue weighted by molar-refractivity contribution is 0.321. The van der Waals surface area contributed by atoms with Crippen LogP contribution >= 0.6 is 69.9 Å². The summed E-state index contributed by atoms with van der Waals surface area (Å²) in [7, 11) is 0. The fourth-order valence-electron chi connectivity index (χ4n) is 3.06. The Balaban J connectivity index is 0.000000226. The van der Waals surface area contributed by atoms with E-state index in [-0.39, 0.29) is 6.54 Å². The minimum absolute atomic E-state index is 0.269. The molecule has 2 aromatic heterocycles. The van der Waals surface area contributed by atoms with Crippen LogP contribution in [0, 0.1) is 0 Å². The van der Waals surface area contributed by atoms with Gasteiger partial charge in [0.05, 0.1) is 6.21 Å². The number of halogens is 4. The van der Waals surface area contributed by atoms with Gasteiger partial charge in [0.2, 0.25) is 10.3 Å². The van der Waals surface area contributed by atoms with Crippen molar-refractivity contribution in [3.8, 4) is 0 Å². The van der Waals surface area contributed by atoms with E-state index in [2.05, 4.69) is 46.2 Å². The first-order valence-electron chi connectivity index (χ1n) is 11.6. The summed E-state index contributed by atoms with van der Waals surface area (Å²) in [6.07, 6.45) is 4.89. The highest BCUT2D eigenvalue weighted by Crippen LogP contribution is 2.24. The van der Waals surface area contributed by atoms with Gasteiger partial charge < -0.3 is 21.6 Å². The number of rotatable bonds is 10. The van der Waals surface area contributed by atoms with Gasteiger partial charge in [0.25, 0.3) is 0 Å². The Hall–Kier alpha value is -2.65. The Morgan fingerprint density at radius 1 is 0.805 bits per heavy atom. The van der Waals surface area contributed by atoms with Gasteiger partial charge in [-0.05, 0) is 47.9 Å². The number of aromatic nitrogens is 6. The highest BCUT2D eigenvalue weighted by molar-refractivity contribution is 7.98. The first kappa shape index (κ1) is 32.9. The Labute approximate surface area is 265 Å². The zero-order chi connectivity index (χ0) is 29.8. The van der Waals surface area contributed by atoms with Gasteiger partial charge in [-0.3, -0.25) is 0 Å². The van der Waals surface area contributed by atoms with Crippen molar-refractivity contribution >= 4 is 87.8 Å². The highest BCUT2D eigenvalue weighted by atomic mass is 35.5. The number of anilines is 2. The van der Waals surface area contributed by atoms with Crippen LogP contribution in [-0.4, -0.2) is 54.3 Å². The molecule has 11 nitrogen and oxygen atoms in total. The van der Waals surface area contributed by atoms with Crippen molar-refractivity contribution in [1.29, 1.82) is 0 Å². The molecule has 0 aliphatic carbocycles. The minimum Gasteiger partial charge on any atom is -0.411 e. The number of nitrogens with one attached hydrogen (secondary N) is 2. The van der Waals surface area contributed by atoms with E-state index in [4.69, 9.17) is 57.3 Å². The summed E-state index contributed by atoms with van der Waals surface area (Å²) in [5.41, 5.74) is 8.36. The number of nitrogens with two attached hydrogens (primary N) is 1. The first-order valence-corrected chi connectivity index (χ1v) is 15.5. The van der Waals surface area contributed by atoms with Crippen molar-refractivity contribution in [2.75, 3.05) is 23.1 Å². The van der Waals surface area contributed by atoms with E-state index < -0.39 is 0 Å². The molecule has 4 aromatic rings. The fraction of sp³-hybridized carbons (Fsp3) is 0.208. The molecule has 2 heterocycles. The van der Waals surface area contributed by atoms with Crippen molar-refractivity contribution in [2.24, 2.45) is 10.9 Å². The lowest BCUT2D eigenvalue weighted by Gasteiger charge is -2.10. The highest BCUT2D eigenvalue weighted by Gasteiger charge is 2.10. The van der Waals surface area contributed by atoms with E-state index in [1.807, 2.05) is 24.6 Å². The summed E-state index contributed by atoms with van der Waals surface area (Å²) in [5.74, 6) is 1.08. The van der Waals surface area contributed by atoms with Crippen LogP contribution in [0.25, 0.3) is 0 Å². The zero-order valence-corrected chi connectivity index (χ0v) is 26.3. The Morgan fingerprint density at radius 2 is 1.32 bits per heavy atom. The molecule has 0 radical (unpaired) electrons. The molecule has 0 saturated heterocycles. The van der Waals surface area contributed by atoms with Crippen molar-refractivity contribution in [2.45, 2.75) is 29.9 Å². The molecule has 0 amide bonds. The molecular formula is C24H24Cl4N10OS2. The van der Waals surface area contributed by atoms with Crippen molar-refractivity contribution in [3.05, 3.63) is 79.0 Å². The van der Waals surface area contributed by atoms with Crippen LogP contribution in [0.3, 0.4) is 0 Å². The molecule has 0 unspecified atom stereocenters. The van der Waals surface area contributed by atoms with Crippen molar-refractivity contribution in [3.63, 3.8) is 0 Å². The minimum atomic E-state index is 0.269. The molecular weight excluding hydrogens is 650 g/mol. The maximum atomic E-state index is 8.64. The topological polar surface area (TPSA) is 160 Å². The maximum Gasteiger partial charge on any atom is 0.210 e. The summed E-state index contributed by atoms with van der Waals surface area (Å²) in [4.78, 5) is 8.63. The average molecular weight is 674 g/mol. The molecule has 0 aliphatic rings. The largest absolute Gasteiger partial charge is 0.411 e. The smallest absolute Gasteiger partial charge is 0.210 e. The second kappa shape index (κ2) is 16.7. The number of oxime groups is 1. The quantitative estimate of drug-likeness (QED) is 0.0645. The van der Waals surface area contributed by atoms with Crippen LogP contribution in [0.4, 0.5) is 11.6 Å². The number of nitrogens with zero attached hydrogens (tertiary/aromatic N) is 7. The second-order valence-corrected chi connectivity index (χ2v) is 11.0. The molecule has 0 saturated carbocycles. The third-order valence-corrected chi connectivity index (χ3v) is 7.34. The SMILES string of the molecule is CSc1nnc(/C=N/O)c(NCc2ccc(Cl)cc2Cl)n1.CSc1nnc(CN)c(NCc2ccc(Cl)cc2Cl)n1. The van der Waals surface area contributed by atoms with Gasteiger partial charge in [0.15, 0.2) is 11.6 Å². The summed E-state index contributed by atoms with van der Waals surface area (Å²) in [6.45, 7) is 1.20. The molecule has 0 atom stereocenters. The Kier molecular flexibility index (Phi) is 13.4. The first-order chi connectivity index (χ1) is 19.8.